The highest BCUT2D eigenvalue weighted by molar-refractivity contribution is 5.95. The molecule has 2 N–H and O–H groups in total. The predicted molar refractivity (Wildman–Crippen MR) is 84.1 cm³/mol. The molecule has 1 unspecified atom stereocenters. The lowest BCUT2D eigenvalue weighted by Gasteiger charge is -2.14. The van der Waals surface area contributed by atoms with Crippen LogP contribution in [0.5, 0.6) is 5.75 Å². The number of fused-ring (bicyclic) bond motifs is 1. The second kappa shape index (κ2) is 6.20. The number of aliphatic hydroxyl groups excluding tert-OH is 1. The van der Waals surface area contributed by atoms with Crippen molar-refractivity contribution in [2.45, 2.75) is 19.4 Å². The van der Waals surface area contributed by atoms with Gasteiger partial charge in [-0.25, -0.2) is 0 Å². The Balaban J connectivity index is 1.64. The second-order valence-corrected chi connectivity index (χ2v) is 5.51. The van der Waals surface area contributed by atoms with E-state index in [4.69, 9.17) is 4.74 Å². The first-order chi connectivity index (χ1) is 10.6. The largest absolute Gasteiger partial charge is 0.493 e. The van der Waals surface area contributed by atoms with Crippen molar-refractivity contribution in [2.75, 3.05) is 13.2 Å². The minimum Gasteiger partial charge on any atom is -0.493 e. The Morgan fingerprint density at radius 1 is 1.32 bits per heavy atom. The molecular weight excluding hydrogens is 278 g/mol. The number of benzene rings is 2. The van der Waals surface area contributed by atoms with Crippen LogP contribution in [-0.4, -0.2) is 24.2 Å². The third kappa shape index (κ3) is 2.97. The molecule has 2 aromatic carbocycles. The molecular formula is C18H19NO3. The summed E-state index contributed by atoms with van der Waals surface area (Å²) in [5, 5.41) is 13.0. The maximum atomic E-state index is 12.1. The van der Waals surface area contributed by atoms with Crippen molar-refractivity contribution in [2.24, 2.45) is 0 Å². The Hall–Kier alpha value is -2.33. The summed E-state index contributed by atoms with van der Waals surface area (Å²) in [6.07, 6.45) is 0.143. The van der Waals surface area contributed by atoms with Gasteiger partial charge in [0.25, 0.3) is 5.91 Å². The first-order valence-electron chi connectivity index (χ1n) is 7.42. The van der Waals surface area contributed by atoms with Crippen LogP contribution in [0.15, 0.2) is 42.5 Å². The lowest BCUT2D eigenvalue weighted by atomic mass is 10.0. The summed E-state index contributed by atoms with van der Waals surface area (Å²) in [7, 11) is 0. The fourth-order valence-corrected chi connectivity index (χ4v) is 2.64. The molecule has 0 saturated carbocycles. The topological polar surface area (TPSA) is 58.6 Å². The molecule has 0 aromatic heterocycles. The fraction of sp³-hybridized carbons (Fsp3) is 0.278. The third-order valence-electron chi connectivity index (χ3n) is 3.94. The Kier molecular flexibility index (Phi) is 4.11. The van der Waals surface area contributed by atoms with E-state index in [1.807, 2.05) is 43.3 Å². The SMILES string of the molecule is Cc1ccccc1C(=O)NCC(O)c1ccc2c(c1)CCO2. The number of ether oxygens (including phenoxy) is 1. The van der Waals surface area contributed by atoms with E-state index < -0.39 is 6.10 Å². The van der Waals surface area contributed by atoms with Gasteiger partial charge in [0.2, 0.25) is 0 Å². The van der Waals surface area contributed by atoms with Crippen LogP contribution in [0.2, 0.25) is 0 Å². The molecule has 1 heterocycles. The van der Waals surface area contributed by atoms with E-state index in [-0.39, 0.29) is 12.5 Å². The van der Waals surface area contributed by atoms with Gasteiger partial charge in [0, 0.05) is 18.5 Å². The summed E-state index contributed by atoms with van der Waals surface area (Å²) >= 11 is 0. The predicted octanol–water partition coefficient (Wildman–Crippen LogP) is 2.39. The average molecular weight is 297 g/mol. The number of carbonyl (C=O) groups is 1. The van der Waals surface area contributed by atoms with Crippen LogP contribution in [0, 0.1) is 6.92 Å². The number of carbonyl (C=O) groups excluding carboxylic acids is 1. The average Bonchev–Trinajstić information content (AvgIpc) is 3.00. The Morgan fingerprint density at radius 2 is 2.14 bits per heavy atom. The minimum atomic E-state index is -0.723. The van der Waals surface area contributed by atoms with Gasteiger partial charge in [0.15, 0.2) is 0 Å². The minimum absolute atomic E-state index is 0.165. The normalized spacial score (nSPS) is 14.1. The van der Waals surface area contributed by atoms with Crippen LogP contribution >= 0.6 is 0 Å². The van der Waals surface area contributed by atoms with Crippen LogP contribution in [0.3, 0.4) is 0 Å². The van der Waals surface area contributed by atoms with E-state index in [9.17, 15) is 9.90 Å². The van der Waals surface area contributed by atoms with E-state index in [0.717, 1.165) is 28.9 Å². The molecule has 1 atom stereocenters. The van der Waals surface area contributed by atoms with E-state index >= 15 is 0 Å². The number of hydrogen-bond donors (Lipinski definition) is 2. The van der Waals surface area contributed by atoms with Crippen molar-refractivity contribution in [3.63, 3.8) is 0 Å². The molecule has 0 radical (unpaired) electrons. The molecule has 0 saturated heterocycles. The van der Waals surface area contributed by atoms with Gasteiger partial charge in [0.1, 0.15) is 5.75 Å². The lowest BCUT2D eigenvalue weighted by molar-refractivity contribution is 0.0915. The van der Waals surface area contributed by atoms with E-state index in [0.29, 0.717) is 12.2 Å². The van der Waals surface area contributed by atoms with E-state index in [2.05, 4.69) is 5.32 Å². The van der Waals surface area contributed by atoms with Crippen LogP contribution in [0.1, 0.15) is 33.2 Å². The van der Waals surface area contributed by atoms with Crippen molar-refractivity contribution in [1.29, 1.82) is 0 Å². The standard InChI is InChI=1S/C18H19NO3/c1-12-4-2-3-5-15(12)18(21)19-11-16(20)13-6-7-17-14(10-13)8-9-22-17/h2-7,10,16,20H,8-9,11H2,1H3,(H,19,21). The number of nitrogens with one attached hydrogen (secondary N) is 1. The Labute approximate surface area is 129 Å². The number of aliphatic hydroxyl groups is 1. The van der Waals surface area contributed by atoms with Crippen LogP contribution in [0.4, 0.5) is 0 Å². The molecule has 1 aliphatic rings. The first-order valence-corrected chi connectivity index (χ1v) is 7.42. The fourth-order valence-electron chi connectivity index (χ4n) is 2.64. The van der Waals surface area contributed by atoms with Gasteiger partial charge < -0.3 is 15.2 Å². The number of aryl methyl sites for hydroxylation is 1. The lowest BCUT2D eigenvalue weighted by Crippen LogP contribution is -2.28. The summed E-state index contributed by atoms with van der Waals surface area (Å²) in [5.74, 6) is 0.724. The van der Waals surface area contributed by atoms with Gasteiger partial charge in [0.05, 0.1) is 12.7 Å². The van der Waals surface area contributed by atoms with Crippen LogP contribution in [0.25, 0.3) is 0 Å². The molecule has 0 spiro atoms. The number of rotatable bonds is 4. The van der Waals surface area contributed by atoms with Crippen molar-refractivity contribution in [3.05, 3.63) is 64.7 Å². The second-order valence-electron chi connectivity index (χ2n) is 5.51. The zero-order valence-corrected chi connectivity index (χ0v) is 12.5. The third-order valence-corrected chi connectivity index (χ3v) is 3.94. The van der Waals surface area contributed by atoms with Crippen LogP contribution in [-0.2, 0) is 6.42 Å². The maximum Gasteiger partial charge on any atom is 0.251 e. The van der Waals surface area contributed by atoms with Gasteiger partial charge in [-0.05, 0) is 41.8 Å². The molecule has 0 bridgehead atoms. The van der Waals surface area contributed by atoms with E-state index in [1.165, 1.54) is 0 Å². The zero-order valence-electron chi connectivity index (χ0n) is 12.5. The molecule has 114 valence electrons. The summed E-state index contributed by atoms with van der Waals surface area (Å²) in [6.45, 7) is 2.78. The molecule has 22 heavy (non-hydrogen) atoms. The highest BCUT2D eigenvalue weighted by atomic mass is 16.5. The van der Waals surface area contributed by atoms with Crippen molar-refractivity contribution >= 4 is 5.91 Å². The molecule has 4 nitrogen and oxygen atoms in total. The molecule has 1 aliphatic heterocycles. The first kappa shape index (κ1) is 14.6. The Morgan fingerprint density at radius 3 is 2.95 bits per heavy atom. The summed E-state index contributed by atoms with van der Waals surface area (Å²) in [4.78, 5) is 12.1. The molecule has 4 heteroatoms. The Bertz CT molecular complexity index is 696. The summed E-state index contributed by atoms with van der Waals surface area (Å²) in [5.41, 5.74) is 3.47. The van der Waals surface area contributed by atoms with Crippen molar-refractivity contribution in [1.82, 2.24) is 5.32 Å². The quantitative estimate of drug-likeness (QED) is 0.911. The monoisotopic (exact) mass is 297 g/mol. The molecule has 1 amide bonds. The van der Waals surface area contributed by atoms with Gasteiger partial charge in [-0.15, -0.1) is 0 Å². The van der Waals surface area contributed by atoms with Gasteiger partial charge in [-0.2, -0.15) is 0 Å². The maximum absolute atomic E-state index is 12.1. The molecule has 3 rings (SSSR count). The van der Waals surface area contributed by atoms with Gasteiger partial charge in [-0.3, -0.25) is 4.79 Å². The molecule has 2 aromatic rings. The number of amides is 1. The molecule has 0 aliphatic carbocycles. The van der Waals surface area contributed by atoms with Gasteiger partial charge in [-0.1, -0.05) is 24.3 Å². The highest BCUT2D eigenvalue weighted by Crippen LogP contribution is 2.28. The van der Waals surface area contributed by atoms with Crippen LogP contribution < -0.4 is 10.1 Å². The van der Waals surface area contributed by atoms with Crippen molar-refractivity contribution in [3.8, 4) is 5.75 Å². The zero-order chi connectivity index (χ0) is 15.5. The number of hydrogen-bond acceptors (Lipinski definition) is 3. The highest BCUT2D eigenvalue weighted by Gasteiger charge is 2.16. The summed E-state index contributed by atoms with van der Waals surface area (Å²) in [6, 6.07) is 13.1. The van der Waals surface area contributed by atoms with Gasteiger partial charge >= 0.3 is 0 Å². The van der Waals surface area contributed by atoms with Crippen molar-refractivity contribution < 1.29 is 14.6 Å². The summed E-state index contributed by atoms with van der Waals surface area (Å²) < 4.78 is 5.45. The smallest absolute Gasteiger partial charge is 0.251 e. The molecule has 0 fully saturated rings. The van der Waals surface area contributed by atoms with E-state index in [1.54, 1.807) is 6.07 Å².